The van der Waals surface area contributed by atoms with E-state index in [0.29, 0.717) is 17.5 Å². The maximum Gasteiger partial charge on any atom is 0.252 e. The van der Waals surface area contributed by atoms with Crippen molar-refractivity contribution >= 4 is 5.91 Å². The van der Waals surface area contributed by atoms with Crippen LogP contribution in [0.1, 0.15) is 53.9 Å². The zero-order chi connectivity index (χ0) is 16.0. The van der Waals surface area contributed by atoms with Gasteiger partial charge in [-0.05, 0) is 49.4 Å². The first kappa shape index (κ1) is 15.1. The van der Waals surface area contributed by atoms with Crippen LogP contribution in [0.4, 0.5) is 8.78 Å². The van der Waals surface area contributed by atoms with Gasteiger partial charge in [-0.15, -0.1) is 0 Å². The zero-order valence-corrected chi connectivity index (χ0v) is 13.0. The highest BCUT2D eigenvalue weighted by Crippen LogP contribution is 2.42. The van der Waals surface area contributed by atoms with E-state index in [4.69, 9.17) is 0 Å². The minimum absolute atomic E-state index is 0.240. The summed E-state index contributed by atoms with van der Waals surface area (Å²) in [5, 5.41) is 6.29. The van der Waals surface area contributed by atoms with Crippen LogP contribution >= 0.6 is 0 Å². The molecule has 5 heteroatoms. The molecule has 1 amide bonds. The van der Waals surface area contributed by atoms with Gasteiger partial charge in [-0.3, -0.25) is 4.79 Å². The summed E-state index contributed by atoms with van der Waals surface area (Å²) in [7, 11) is 0. The van der Waals surface area contributed by atoms with Gasteiger partial charge in [-0.2, -0.15) is 0 Å². The Kier molecular flexibility index (Phi) is 3.63. The normalized spacial score (nSPS) is 29.0. The van der Waals surface area contributed by atoms with Crippen molar-refractivity contribution in [2.75, 3.05) is 6.54 Å². The molecule has 0 radical (unpaired) electrons. The molecule has 2 atom stereocenters. The van der Waals surface area contributed by atoms with Gasteiger partial charge in [0.2, 0.25) is 0 Å². The number of nitrogens with one attached hydrogen (secondary N) is 2. The number of amides is 1. The maximum absolute atomic E-state index is 12.8. The standard InChI is InChI=1S/C18H22F2N2O/c19-18(20)8-14(9-18)22-17(23)13-3-1-2-12(6-13)15-7-16(15)21-10-11-4-5-11/h1-3,6,11,14-16,21H,4-5,7-10H2,(H,22,23). The van der Waals surface area contributed by atoms with Crippen molar-refractivity contribution in [3.63, 3.8) is 0 Å². The second kappa shape index (κ2) is 5.55. The molecule has 23 heavy (non-hydrogen) atoms. The molecule has 3 aliphatic carbocycles. The first-order valence-corrected chi connectivity index (χ1v) is 8.52. The van der Waals surface area contributed by atoms with Crippen molar-refractivity contribution in [2.45, 2.75) is 56.0 Å². The molecular weight excluding hydrogens is 298 g/mol. The van der Waals surface area contributed by atoms with Gasteiger partial charge < -0.3 is 10.6 Å². The molecular formula is C18H22F2N2O. The molecule has 3 aliphatic rings. The predicted molar refractivity (Wildman–Crippen MR) is 83.7 cm³/mol. The second-order valence-electron chi connectivity index (χ2n) is 7.36. The Labute approximate surface area is 134 Å². The average molecular weight is 320 g/mol. The van der Waals surface area contributed by atoms with Crippen LogP contribution in [0.25, 0.3) is 0 Å². The van der Waals surface area contributed by atoms with Gasteiger partial charge in [0.1, 0.15) is 0 Å². The SMILES string of the molecule is O=C(NC1CC(F)(F)C1)c1cccc(C2CC2NCC2CC2)c1. The number of hydrogen-bond donors (Lipinski definition) is 2. The minimum atomic E-state index is -2.60. The van der Waals surface area contributed by atoms with Crippen LogP contribution in [0.2, 0.25) is 0 Å². The third-order valence-corrected chi connectivity index (χ3v) is 5.16. The summed E-state index contributed by atoms with van der Waals surface area (Å²) in [5.41, 5.74) is 1.75. The van der Waals surface area contributed by atoms with Gasteiger partial charge in [0.05, 0.1) is 0 Å². The van der Waals surface area contributed by atoms with E-state index in [1.54, 1.807) is 6.07 Å². The number of carbonyl (C=O) groups is 1. The molecule has 3 fully saturated rings. The van der Waals surface area contributed by atoms with E-state index in [0.717, 1.165) is 18.9 Å². The summed E-state index contributed by atoms with van der Waals surface area (Å²) in [5.74, 6) is -1.49. The number of alkyl halides is 2. The molecule has 0 aromatic heterocycles. The van der Waals surface area contributed by atoms with Crippen LogP contribution in [0.5, 0.6) is 0 Å². The van der Waals surface area contributed by atoms with Gasteiger partial charge in [0, 0.05) is 36.4 Å². The van der Waals surface area contributed by atoms with E-state index in [2.05, 4.69) is 16.7 Å². The van der Waals surface area contributed by atoms with Crippen molar-refractivity contribution in [2.24, 2.45) is 5.92 Å². The zero-order valence-electron chi connectivity index (χ0n) is 13.0. The fraction of sp³-hybridized carbons (Fsp3) is 0.611. The van der Waals surface area contributed by atoms with Gasteiger partial charge in [-0.25, -0.2) is 8.78 Å². The van der Waals surface area contributed by atoms with Crippen molar-refractivity contribution in [1.29, 1.82) is 0 Å². The summed E-state index contributed by atoms with van der Waals surface area (Å²) < 4.78 is 25.7. The van der Waals surface area contributed by atoms with Crippen molar-refractivity contribution in [3.8, 4) is 0 Å². The predicted octanol–water partition coefficient (Wildman–Crippen LogP) is 3.07. The highest BCUT2D eigenvalue weighted by atomic mass is 19.3. The Balaban J connectivity index is 1.32. The quantitative estimate of drug-likeness (QED) is 0.846. The summed E-state index contributed by atoms with van der Waals surface area (Å²) >= 11 is 0. The Bertz CT molecular complexity index is 607. The summed E-state index contributed by atoms with van der Waals surface area (Å²) in [6, 6.07) is 7.74. The fourth-order valence-corrected chi connectivity index (χ4v) is 3.37. The fourth-order valence-electron chi connectivity index (χ4n) is 3.37. The van der Waals surface area contributed by atoms with Gasteiger partial charge in [-0.1, -0.05) is 12.1 Å². The van der Waals surface area contributed by atoms with Crippen LogP contribution in [0.3, 0.4) is 0 Å². The number of rotatable bonds is 6. The van der Waals surface area contributed by atoms with Gasteiger partial charge >= 0.3 is 0 Å². The lowest BCUT2D eigenvalue weighted by Crippen LogP contribution is -2.50. The Morgan fingerprint density at radius 1 is 1.26 bits per heavy atom. The monoisotopic (exact) mass is 320 g/mol. The van der Waals surface area contributed by atoms with E-state index in [-0.39, 0.29) is 18.7 Å². The Morgan fingerprint density at radius 3 is 2.74 bits per heavy atom. The number of hydrogen-bond acceptors (Lipinski definition) is 2. The molecule has 3 saturated carbocycles. The van der Waals surface area contributed by atoms with Crippen LogP contribution in [-0.2, 0) is 0 Å². The Morgan fingerprint density at radius 2 is 2.04 bits per heavy atom. The van der Waals surface area contributed by atoms with E-state index >= 15 is 0 Å². The Hall–Kier alpha value is -1.49. The molecule has 0 aliphatic heterocycles. The third-order valence-electron chi connectivity index (χ3n) is 5.16. The molecule has 0 heterocycles. The number of benzene rings is 1. The molecule has 1 aromatic carbocycles. The summed E-state index contributed by atoms with van der Waals surface area (Å²) in [4.78, 5) is 12.2. The van der Waals surface area contributed by atoms with Crippen molar-refractivity contribution in [1.82, 2.24) is 10.6 Å². The first-order valence-electron chi connectivity index (χ1n) is 8.52. The number of carbonyl (C=O) groups excluding carboxylic acids is 1. The lowest BCUT2D eigenvalue weighted by Gasteiger charge is -2.35. The van der Waals surface area contributed by atoms with Crippen LogP contribution < -0.4 is 10.6 Å². The summed E-state index contributed by atoms with van der Waals surface area (Å²) in [6.45, 7) is 1.11. The van der Waals surface area contributed by atoms with Crippen LogP contribution in [0, 0.1) is 5.92 Å². The number of halogens is 2. The molecule has 124 valence electrons. The van der Waals surface area contributed by atoms with E-state index in [1.807, 2.05) is 12.1 Å². The first-order chi connectivity index (χ1) is 11.0. The third kappa shape index (κ3) is 3.55. The molecule has 2 unspecified atom stereocenters. The molecule has 0 saturated heterocycles. The molecule has 4 rings (SSSR count). The second-order valence-corrected chi connectivity index (χ2v) is 7.36. The topological polar surface area (TPSA) is 41.1 Å². The molecule has 3 nitrogen and oxygen atoms in total. The molecule has 1 aromatic rings. The smallest absolute Gasteiger partial charge is 0.252 e. The van der Waals surface area contributed by atoms with E-state index < -0.39 is 12.0 Å². The molecule has 2 N–H and O–H groups in total. The average Bonchev–Trinajstić information content (AvgIpc) is 3.37. The van der Waals surface area contributed by atoms with E-state index in [1.165, 1.54) is 18.4 Å². The lowest BCUT2D eigenvalue weighted by atomic mass is 9.88. The summed E-state index contributed by atoms with van der Waals surface area (Å²) in [6.07, 6.45) is 3.33. The van der Waals surface area contributed by atoms with Crippen molar-refractivity contribution < 1.29 is 13.6 Å². The maximum atomic E-state index is 12.8. The molecule has 0 spiro atoms. The minimum Gasteiger partial charge on any atom is -0.349 e. The van der Waals surface area contributed by atoms with E-state index in [9.17, 15) is 13.6 Å². The van der Waals surface area contributed by atoms with Crippen LogP contribution in [-0.4, -0.2) is 30.5 Å². The highest BCUT2D eigenvalue weighted by Gasteiger charge is 2.46. The van der Waals surface area contributed by atoms with Crippen molar-refractivity contribution in [3.05, 3.63) is 35.4 Å². The largest absolute Gasteiger partial charge is 0.349 e. The molecule has 0 bridgehead atoms. The van der Waals surface area contributed by atoms with Crippen LogP contribution in [0.15, 0.2) is 24.3 Å². The van der Waals surface area contributed by atoms with Gasteiger partial charge in [0.15, 0.2) is 0 Å². The van der Waals surface area contributed by atoms with Gasteiger partial charge in [0.25, 0.3) is 11.8 Å². The lowest BCUT2D eigenvalue weighted by molar-refractivity contribution is -0.0901. The highest BCUT2D eigenvalue weighted by molar-refractivity contribution is 5.94.